The third-order valence-electron chi connectivity index (χ3n) is 4.46. The van der Waals surface area contributed by atoms with Crippen LogP contribution in [0.5, 0.6) is 0 Å². The highest BCUT2D eigenvalue weighted by Gasteiger charge is 2.06. The summed E-state index contributed by atoms with van der Waals surface area (Å²) in [7, 11) is 0. The van der Waals surface area contributed by atoms with E-state index in [-0.39, 0.29) is 0 Å². The van der Waals surface area contributed by atoms with Crippen molar-refractivity contribution in [3.8, 4) is 11.5 Å². The second kappa shape index (κ2) is 11.6. The van der Waals surface area contributed by atoms with Crippen molar-refractivity contribution in [3.05, 3.63) is 66.2 Å². The number of aromatic nitrogens is 2. The van der Waals surface area contributed by atoms with Crippen molar-refractivity contribution in [2.24, 2.45) is 4.99 Å². The van der Waals surface area contributed by atoms with Crippen LogP contribution in [0.15, 0.2) is 64.3 Å². The molecule has 2 aromatic heterocycles. The third kappa shape index (κ3) is 6.92. The molecule has 3 aromatic rings. The van der Waals surface area contributed by atoms with Crippen molar-refractivity contribution in [3.63, 3.8) is 0 Å². The van der Waals surface area contributed by atoms with Crippen LogP contribution in [0.3, 0.4) is 0 Å². The number of unbranched alkanes of at least 4 members (excludes halogenated alkanes) is 1. The Labute approximate surface area is 178 Å². The maximum Gasteiger partial charge on any atom is 0.226 e. The maximum atomic E-state index is 5.61. The number of hydrogen-bond donors (Lipinski definition) is 3. The van der Waals surface area contributed by atoms with E-state index in [1.165, 1.54) is 5.56 Å². The Bertz CT molecular complexity index is 905. The van der Waals surface area contributed by atoms with Crippen molar-refractivity contribution in [2.45, 2.75) is 33.2 Å². The lowest BCUT2D eigenvalue weighted by Crippen LogP contribution is -2.37. The lowest BCUT2D eigenvalue weighted by atomic mass is 10.1. The largest absolute Gasteiger partial charge is 0.444 e. The smallest absolute Gasteiger partial charge is 0.226 e. The summed E-state index contributed by atoms with van der Waals surface area (Å²) in [6, 6.07) is 14.0. The molecule has 0 radical (unpaired) electrons. The molecule has 158 valence electrons. The van der Waals surface area contributed by atoms with Gasteiger partial charge in [-0.25, -0.2) is 15.0 Å². The Morgan fingerprint density at radius 3 is 2.63 bits per heavy atom. The zero-order chi connectivity index (χ0) is 21.0. The fraction of sp³-hybridized carbons (Fsp3) is 0.348. The minimum Gasteiger partial charge on any atom is -0.444 e. The van der Waals surface area contributed by atoms with E-state index in [0.717, 1.165) is 55.5 Å². The fourth-order valence-corrected chi connectivity index (χ4v) is 2.85. The number of nitrogens with zero attached hydrogens (tertiary/aromatic N) is 3. The summed E-state index contributed by atoms with van der Waals surface area (Å²) in [4.78, 5) is 13.4. The van der Waals surface area contributed by atoms with Gasteiger partial charge in [0.2, 0.25) is 5.89 Å². The van der Waals surface area contributed by atoms with E-state index in [1.54, 1.807) is 12.5 Å². The van der Waals surface area contributed by atoms with Gasteiger partial charge in [-0.05, 0) is 51.0 Å². The Morgan fingerprint density at radius 2 is 1.87 bits per heavy atom. The number of guanidine groups is 1. The van der Waals surface area contributed by atoms with E-state index >= 15 is 0 Å². The molecule has 0 aliphatic carbocycles. The molecule has 3 N–H and O–H groups in total. The topological polar surface area (TPSA) is 87.4 Å². The normalized spacial score (nSPS) is 11.3. The summed E-state index contributed by atoms with van der Waals surface area (Å²) in [5.74, 6) is 2.33. The van der Waals surface area contributed by atoms with Crippen LogP contribution in [0.2, 0.25) is 0 Å². The van der Waals surface area contributed by atoms with Crippen molar-refractivity contribution in [1.29, 1.82) is 0 Å². The molecule has 0 amide bonds. The highest BCUT2D eigenvalue weighted by molar-refractivity contribution is 5.79. The lowest BCUT2D eigenvalue weighted by Gasteiger charge is -2.11. The number of nitrogens with one attached hydrogen (secondary N) is 3. The van der Waals surface area contributed by atoms with Crippen LogP contribution in [0.25, 0.3) is 11.5 Å². The summed E-state index contributed by atoms with van der Waals surface area (Å²) in [5, 5.41) is 9.96. The first kappa shape index (κ1) is 21.4. The van der Waals surface area contributed by atoms with Crippen LogP contribution in [0, 0.1) is 6.92 Å². The zero-order valence-electron chi connectivity index (χ0n) is 17.7. The lowest BCUT2D eigenvalue weighted by molar-refractivity contribution is 0.572. The highest BCUT2D eigenvalue weighted by atomic mass is 16.3. The monoisotopic (exact) mass is 406 g/mol. The van der Waals surface area contributed by atoms with E-state index < -0.39 is 0 Å². The number of pyridine rings is 1. The van der Waals surface area contributed by atoms with Crippen LogP contribution < -0.4 is 16.0 Å². The Kier molecular flexibility index (Phi) is 8.26. The number of aliphatic imine (C=N–C) groups is 1. The van der Waals surface area contributed by atoms with Crippen LogP contribution >= 0.6 is 0 Å². The van der Waals surface area contributed by atoms with Crippen LogP contribution in [-0.2, 0) is 6.54 Å². The predicted octanol–water partition coefficient (Wildman–Crippen LogP) is 3.99. The van der Waals surface area contributed by atoms with Crippen molar-refractivity contribution in [2.75, 3.05) is 25.0 Å². The van der Waals surface area contributed by atoms with E-state index in [2.05, 4.69) is 56.9 Å². The molecule has 1 aromatic carbocycles. The molecular weight excluding hydrogens is 376 g/mol. The number of rotatable bonds is 10. The molecule has 7 nitrogen and oxygen atoms in total. The van der Waals surface area contributed by atoms with Gasteiger partial charge in [-0.1, -0.05) is 23.8 Å². The van der Waals surface area contributed by atoms with Gasteiger partial charge in [-0.2, -0.15) is 0 Å². The first-order valence-electron chi connectivity index (χ1n) is 10.4. The molecule has 0 bridgehead atoms. The zero-order valence-corrected chi connectivity index (χ0v) is 17.7. The summed E-state index contributed by atoms with van der Waals surface area (Å²) in [6.07, 6.45) is 5.55. The molecule has 0 saturated carbocycles. The molecular formula is C23H30N6O. The molecule has 30 heavy (non-hydrogen) atoms. The number of hydrogen-bond acceptors (Lipinski definition) is 5. The van der Waals surface area contributed by atoms with E-state index in [0.29, 0.717) is 12.4 Å². The summed E-state index contributed by atoms with van der Waals surface area (Å²) < 4.78 is 5.61. The number of anilines is 1. The molecule has 0 spiro atoms. The first-order valence-corrected chi connectivity index (χ1v) is 10.4. The first-order chi connectivity index (χ1) is 14.7. The number of benzene rings is 1. The third-order valence-corrected chi connectivity index (χ3v) is 4.46. The standard InChI is InChI=1S/C23H30N6O/c1-3-24-23(27-15-7-6-14-26-21-8-4-5-13-25-21)28-16-20-17-30-22(29-20)19-11-9-18(2)10-12-19/h4-5,8-13,17H,3,6-7,14-16H2,1-2H3,(H,25,26)(H2,24,27,28). The number of oxazole rings is 1. The predicted molar refractivity (Wildman–Crippen MR) is 121 cm³/mol. The maximum absolute atomic E-state index is 5.61. The molecule has 0 saturated heterocycles. The Morgan fingerprint density at radius 1 is 1.03 bits per heavy atom. The summed E-state index contributed by atoms with van der Waals surface area (Å²) >= 11 is 0. The molecule has 7 heteroatoms. The van der Waals surface area contributed by atoms with Crippen LogP contribution in [0.1, 0.15) is 31.0 Å². The van der Waals surface area contributed by atoms with Crippen molar-refractivity contribution < 1.29 is 4.42 Å². The van der Waals surface area contributed by atoms with Crippen LogP contribution in [-0.4, -0.2) is 35.6 Å². The Balaban J connectivity index is 1.42. The average molecular weight is 407 g/mol. The molecule has 0 unspecified atom stereocenters. The summed E-state index contributed by atoms with van der Waals surface area (Å²) in [6.45, 7) is 7.13. The SMILES string of the molecule is CCNC(=NCc1coc(-c2ccc(C)cc2)n1)NCCCCNc1ccccn1. The van der Waals surface area contributed by atoms with Gasteiger partial charge in [0.1, 0.15) is 17.8 Å². The van der Waals surface area contributed by atoms with Crippen molar-refractivity contribution in [1.82, 2.24) is 20.6 Å². The Hall–Kier alpha value is -3.35. The van der Waals surface area contributed by atoms with E-state index in [4.69, 9.17) is 4.42 Å². The van der Waals surface area contributed by atoms with Gasteiger partial charge in [-0.3, -0.25) is 0 Å². The van der Waals surface area contributed by atoms with E-state index in [1.807, 2.05) is 30.3 Å². The van der Waals surface area contributed by atoms with Gasteiger partial charge < -0.3 is 20.4 Å². The fourth-order valence-electron chi connectivity index (χ4n) is 2.85. The minimum atomic E-state index is 0.464. The van der Waals surface area contributed by atoms with Gasteiger partial charge in [0, 0.05) is 31.4 Å². The molecule has 3 rings (SSSR count). The average Bonchev–Trinajstić information content (AvgIpc) is 3.24. The van der Waals surface area contributed by atoms with Gasteiger partial charge in [0.05, 0.1) is 6.54 Å². The molecule has 0 aliphatic heterocycles. The minimum absolute atomic E-state index is 0.464. The second-order valence-electron chi connectivity index (χ2n) is 6.98. The molecule has 0 fully saturated rings. The molecule has 0 aliphatic rings. The van der Waals surface area contributed by atoms with Gasteiger partial charge in [0.15, 0.2) is 5.96 Å². The van der Waals surface area contributed by atoms with Gasteiger partial charge in [0.25, 0.3) is 0 Å². The molecule has 2 heterocycles. The molecule has 0 atom stereocenters. The van der Waals surface area contributed by atoms with Crippen molar-refractivity contribution >= 4 is 11.8 Å². The van der Waals surface area contributed by atoms with E-state index in [9.17, 15) is 0 Å². The second-order valence-corrected chi connectivity index (χ2v) is 6.98. The van der Waals surface area contributed by atoms with Crippen LogP contribution in [0.4, 0.5) is 5.82 Å². The highest BCUT2D eigenvalue weighted by Crippen LogP contribution is 2.19. The van der Waals surface area contributed by atoms with Gasteiger partial charge in [-0.15, -0.1) is 0 Å². The quantitative estimate of drug-likeness (QED) is 0.268. The van der Waals surface area contributed by atoms with Gasteiger partial charge >= 0.3 is 0 Å². The summed E-state index contributed by atoms with van der Waals surface area (Å²) in [5.41, 5.74) is 2.99. The number of aryl methyl sites for hydroxylation is 1.